The lowest BCUT2D eigenvalue weighted by Gasteiger charge is -2.37. The van der Waals surface area contributed by atoms with Crippen molar-refractivity contribution in [3.05, 3.63) is 35.9 Å². The van der Waals surface area contributed by atoms with E-state index < -0.39 is 26.6 Å². The fourth-order valence-corrected chi connectivity index (χ4v) is 3.46. The van der Waals surface area contributed by atoms with Gasteiger partial charge < -0.3 is 24.1 Å². The summed E-state index contributed by atoms with van der Waals surface area (Å²) in [6, 6.07) is 10.0. The van der Waals surface area contributed by atoms with E-state index in [1.807, 2.05) is 30.3 Å². The maximum Gasteiger partial charge on any atom is 0.192 e. The highest BCUT2D eigenvalue weighted by Gasteiger charge is 2.38. The van der Waals surface area contributed by atoms with Crippen LogP contribution in [0, 0.1) is 0 Å². The molecule has 1 aromatic carbocycles. The van der Waals surface area contributed by atoms with Crippen LogP contribution in [0.3, 0.4) is 0 Å². The van der Waals surface area contributed by atoms with Crippen LogP contribution in [0.4, 0.5) is 0 Å². The van der Waals surface area contributed by atoms with Gasteiger partial charge in [-0.05, 0) is 36.5 Å². The minimum Gasteiger partial charge on any atom is -0.414 e. The monoisotopic (exact) mass is 398 g/mol. The summed E-state index contributed by atoms with van der Waals surface area (Å²) in [6.45, 7) is 12.0. The minimum atomic E-state index is -1.96. The minimum absolute atomic E-state index is 0.0639. The molecule has 0 bridgehead atoms. The highest BCUT2D eigenvalue weighted by Crippen LogP contribution is 2.36. The van der Waals surface area contributed by atoms with Crippen molar-refractivity contribution in [2.24, 2.45) is 0 Å². The Balaban J connectivity index is 2.34. The van der Waals surface area contributed by atoms with Gasteiger partial charge in [-0.15, -0.1) is 0 Å². The molecule has 6 heteroatoms. The molecule has 0 aromatic heterocycles. The highest BCUT2D eigenvalue weighted by molar-refractivity contribution is 6.74. The first-order valence-corrected chi connectivity index (χ1v) is 12.6. The fourth-order valence-electron chi connectivity index (χ4n) is 2.44. The molecule has 0 aliphatic heterocycles. The molecular formula is C21H38O5Si. The molecule has 0 saturated carbocycles. The van der Waals surface area contributed by atoms with Crippen LogP contribution < -0.4 is 0 Å². The Bertz CT molecular complexity index is 515. The van der Waals surface area contributed by atoms with Gasteiger partial charge in [-0.1, -0.05) is 51.1 Å². The third kappa shape index (κ3) is 8.42. The number of aliphatic hydroxyl groups is 2. The average Bonchev–Trinajstić information content (AvgIpc) is 2.62. The molecular weight excluding hydrogens is 360 g/mol. The van der Waals surface area contributed by atoms with Crippen LogP contribution in [0.5, 0.6) is 0 Å². The normalized spacial score (nSPS) is 16.1. The van der Waals surface area contributed by atoms with E-state index in [1.54, 1.807) is 7.11 Å². The SMILES string of the molecule is CO[C@@H](CCCOCc1ccccc1)[C@H](O)[C@@H](O)CO[Si](C)(C)C(C)(C)C. The maximum absolute atomic E-state index is 10.4. The lowest BCUT2D eigenvalue weighted by Crippen LogP contribution is -2.47. The van der Waals surface area contributed by atoms with Crippen molar-refractivity contribution in [2.45, 2.75) is 76.7 Å². The zero-order chi connectivity index (χ0) is 20.5. The Morgan fingerprint density at radius 2 is 1.70 bits per heavy atom. The van der Waals surface area contributed by atoms with Crippen LogP contribution in [-0.2, 0) is 20.5 Å². The van der Waals surface area contributed by atoms with Crippen LogP contribution >= 0.6 is 0 Å². The molecule has 0 aliphatic rings. The number of hydrogen-bond acceptors (Lipinski definition) is 5. The summed E-state index contributed by atoms with van der Waals surface area (Å²) < 4.78 is 17.1. The predicted octanol–water partition coefficient (Wildman–Crippen LogP) is 3.74. The van der Waals surface area contributed by atoms with Crippen LogP contribution in [0.2, 0.25) is 18.1 Å². The molecule has 156 valence electrons. The van der Waals surface area contributed by atoms with Crippen molar-refractivity contribution in [1.29, 1.82) is 0 Å². The highest BCUT2D eigenvalue weighted by atomic mass is 28.4. The van der Waals surface area contributed by atoms with Gasteiger partial charge in [-0.3, -0.25) is 0 Å². The molecule has 1 aromatic rings. The van der Waals surface area contributed by atoms with Crippen LogP contribution in [0.1, 0.15) is 39.2 Å². The summed E-state index contributed by atoms with van der Waals surface area (Å²) in [5, 5.41) is 20.8. The molecule has 0 radical (unpaired) electrons. The van der Waals surface area contributed by atoms with E-state index in [0.29, 0.717) is 19.6 Å². The fraction of sp³-hybridized carbons (Fsp3) is 0.714. The van der Waals surface area contributed by atoms with Crippen molar-refractivity contribution in [3.8, 4) is 0 Å². The van der Waals surface area contributed by atoms with Crippen molar-refractivity contribution in [3.63, 3.8) is 0 Å². The van der Waals surface area contributed by atoms with Gasteiger partial charge >= 0.3 is 0 Å². The second kappa shape index (κ2) is 11.3. The lowest BCUT2D eigenvalue weighted by molar-refractivity contribution is -0.0919. The van der Waals surface area contributed by atoms with Crippen LogP contribution in [-0.4, -0.2) is 57.2 Å². The summed E-state index contributed by atoms with van der Waals surface area (Å²) >= 11 is 0. The van der Waals surface area contributed by atoms with Crippen LogP contribution in [0.25, 0.3) is 0 Å². The van der Waals surface area contributed by atoms with Gasteiger partial charge in [0, 0.05) is 13.7 Å². The summed E-state index contributed by atoms with van der Waals surface area (Å²) in [4.78, 5) is 0. The molecule has 5 nitrogen and oxygen atoms in total. The van der Waals surface area contributed by atoms with Gasteiger partial charge in [0.15, 0.2) is 8.32 Å². The first-order valence-electron chi connectivity index (χ1n) is 9.73. The first-order chi connectivity index (χ1) is 12.6. The molecule has 0 fully saturated rings. The molecule has 27 heavy (non-hydrogen) atoms. The summed E-state index contributed by atoms with van der Waals surface area (Å²) in [5.41, 5.74) is 1.14. The second-order valence-corrected chi connectivity index (χ2v) is 13.4. The van der Waals surface area contributed by atoms with Crippen molar-refractivity contribution in [1.82, 2.24) is 0 Å². The van der Waals surface area contributed by atoms with Gasteiger partial charge in [-0.25, -0.2) is 0 Å². The standard InChI is InChI=1S/C21H38O5Si/c1-21(2,3)27(5,6)26-16-18(22)20(23)19(24-4)13-10-14-25-15-17-11-8-7-9-12-17/h7-9,11-12,18-20,22-23H,10,13-16H2,1-6H3/t18-,19-,20+/m0/s1. The molecule has 0 spiro atoms. The van der Waals surface area contributed by atoms with E-state index in [9.17, 15) is 10.2 Å². The lowest BCUT2D eigenvalue weighted by atomic mass is 10.0. The summed E-state index contributed by atoms with van der Waals surface area (Å²) in [6.07, 6.45) is -1.02. The van der Waals surface area contributed by atoms with E-state index in [1.165, 1.54) is 0 Å². The van der Waals surface area contributed by atoms with Crippen molar-refractivity contribution in [2.75, 3.05) is 20.3 Å². The third-order valence-electron chi connectivity index (χ3n) is 5.39. The molecule has 3 atom stereocenters. The van der Waals surface area contributed by atoms with Crippen LogP contribution in [0.15, 0.2) is 30.3 Å². The number of rotatable bonds is 12. The molecule has 0 saturated heterocycles. The largest absolute Gasteiger partial charge is 0.414 e. The molecule has 0 aliphatic carbocycles. The van der Waals surface area contributed by atoms with E-state index in [2.05, 4.69) is 33.9 Å². The Labute approximate surface area is 165 Å². The van der Waals surface area contributed by atoms with Gasteiger partial charge in [0.1, 0.15) is 12.2 Å². The topological polar surface area (TPSA) is 68.2 Å². The van der Waals surface area contributed by atoms with E-state index >= 15 is 0 Å². The summed E-state index contributed by atoms with van der Waals surface area (Å²) in [7, 11) is -0.403. The van der Waals surface area contributed by atoms with E-state index in [4.69, 9.17) is 13.9 Å². The number of ether oxygens (including phenoxy) is 2. The Kier molecular flexibility index (Phi) is 10.2. The number of benzene rings is 1. The smallest absolute Gasteiger partial charge is 0.192 e. The Morgan fingerprint density at radius 3 is 2.26 bits per heavy atom. The van der Waals surface area contributed by atoms with E-state index in [0.717, 1.165) is 12.0 Å². The Hall–Kier alpha value is -0.763. The zero-order valence-electron chi connectivity index (χ0n) is 17.8. The van der Waals surface area contributed by atoms with Gasteiger partial charge in [-0.2, -0.15) is 0 Å². The Morgan fingerprint density at radius 1 is 1.07 bits per heavy atom. The quantitative estimate of drug-likeness (QED) is 0.415. The predicted molar refractivity (Wildman–Crippen MR) is 111 cm³/mol. The third-order valence-corrected chi connectivity index (χ3v) is 9.89. The number of aliphatic hydroxyl groups excluding tert-OH is 2. The zero-order valence-corrected chi connectivity index (χ0v) is 18.8. The van der Waals surface area contributed by atoms with E-state index in [-0.39, 0.29) is 11.6 Å². The summed E-state index contributed by atoms with van der Waals surface area (Å²) in [5.74, 6) is 0. The molecule has 1 rings (SSSR count). The molecule has 0 amide bonds. The number of hydrogen-bond donors (Lipinski definition) is 2. The molecule has 0 unspecified atom stereocenters. The van der Waals surface area contributed by atoms with Gasteiger partial charge in [0.05, 0.1) is 19.3 Å². The van der Waals surface area contributed by atoms with Gasteiger partial charge in [0.25, 0.3) is 0 Å². The second-order valence-electron chi connectivity index (χ2n) is 8.58. The van der Waals surface area contributed by atoms with Crippen molar-refractivity contribution >= 4 is 8.32 Å². The molecule has 0 heterocycles. The number of methoxy groups -OCH3 is 1. The molecule has 2 N–H and O–H groups in total. The first kappa shape index (κ1) is 24.3. The average molecular weight is 399 g/mol. The van der Waals surface area contributed by atoms with Gasteiger partial charge in [0.2, 0.25) is 0 Å². The maximum atomic E-state index is 10.4. The van der Waals surface area contributed by atoms with Crippen molar-refractivity contribution < 1.29 is 24.1 Å².